The highest BCUT2D eigenvalue weighted by Crippen LogP contribution is 2.24. The summed E-state index contributed by atoms with van der Waals surface area (Å²) in [7, 11) is -3.96. The van der Waals surface area contributed by atoms with E-state index < -0.39 is 15.9 Å². The maximum absolute atomic E-state index is 13.3. The molecule has 0 bridgehead atoms. The van der Waals surface area contributed by atoms with Crippen molar-refractivity contribution >= 4 is 33.2 Å². The first kappa shape index (κ1) is 22.8. The molecule has 3 aromatic rings. The molecule has 0 saturated carbocycles. The molecule has 0 saturated heterocycles. The third kappa shape index (κ3) is 5.66. The van der Waals surface area contributed by atoms with Crippen LogP contribution in [-0.2, 0) is 21.2 Å². The Balaban J connectivity index is 1.83. The summed E-state index contributed by atoms with van der Waals surface area (Å²) in [5.74, 6) is -0.395. The lowest BCUT2D eigenvalue weighted by molar-refractivity contribution is -0.120. The quantitative estimate of drug-likeness (QED) is 0.520. The van der Waals surface area contributed by atoms with Gasteiger partial charge in [0, 0.05) is 5.02 Å². The second kappa shape index (κ2) is 9.98. The topological polar surface area (TPSA) is 66.5 Å². The van der Waals surface area contributed by atoms with E-state index in [4.69, 9.17) is 11.6 Å². The number of anilines is 1. The summed E-state index contributed by atoms with van der Waals surface area (Å²) in [5, 5.41) is 3.34. The molecule has 5 nitrogen and oxygen atoms in total. The van der Waals surface area contributed by atoms with Crippen LogP contribution in [-0.4, -0.2) is 20.9 Å². The SMILES string of the molecule is CCc1ccc([C@H](C)NC(=O)CN(c2ccccc2)S(=O)(=O)c2ccc(Cl)cc2)cc1. The number of halogens is 1. The molecule has 1 amide bonds. The summed E-state index contributed by atoms with van der Waals surface area (Å²) in [5.41, 5.74) is 2.58. The number of amides is 1. The Labute approximate surface area is 188 Å². The van der Waals surface area contributed by atoms with E-state index in [9.17, 15) is 13.2 Å². The number of nitrogens with zero attached hydrogens (tertiary/aromatic N) is 1. The van der Waals surface area contributed by atoms with Crippen LogP contribution in [0.3, 0.4) is 0 Å². The molecule has 0 aliphatic heterocycles. The molecule has 7 heteroatoms. The lowest BCUT2D eigenvalue weighted by atomic mass is 10.1. The van der Waals surface area contributed by atoms with Gasteiger partial charge < -0.3 is 5.32 Å². The summed E-state index contributed by atoms with van der Waals surface area (Å²) in [4.78, 5) is 12.9. The standard InChI is InChI=1S/C24H25ClN2O3S/c1-3-19-9-11-20(12-10-19)18(2)26-24(28)17-27(22-7-5-4-6-8-22)31(29,30)23-15-13-21(25)14-16-23/h4-16,18H,3,17H2,1-2H3,(H,26,28)/t18-/m0/s1. The van der Waals surface area contributed by atoms with Crippen LogP contribution in [0.4, 0.5) is 5.69 Å². The smallest absolute Gasteiger partial charge is 0.264 e. The number of nitrogens with one attached hydrogen (secondary N) is 1. The lowest BCUT2D eigenvalue weighted by Gasteiger charge is -2.25. The molecule has 3 rings (SSSR count). The zero-order chi connectivity index (χ0) is 22.4. The number of para-hydroxylation sites is 1. The number of sulfonamides is 1. The molecule has 0 aliphatic rings. The number of rotatable bonds is 8. The summed E-state index contributed by atoms with van der Waals surface area (Å²) in [6, 6.07) is 22.2. The van der Waals surface area contributed by atoms with Crippen molar-refractivity contribution in [2.24, 2.45) is 0 Å². The molecule has 3 aromatic carbocycles. The monoisotopic (exact) mass is 456 g/mol. The molecule has 1 N–H and O–H groups in total. The number of carbonyl (C=O) groups is 1. The van der Waals surface area contributed by atoms with E-state index in [1.807, 2.05) is 31.2 Å². The van der Waals surface area contributed by atoms with E-state index in [-0.39, 0.29) is 17.5 Å². The van der Waals surface area contributed by atoms with Gasteiger partial charge in [0.15, 0.2) is 0 Å². The molecule has 0 aliphatic carbocycles. The van der Waals surface area contributed by atoms with Gasteiger partial charge in [0.25, 0.3) is 10.0 Å². The maximum atomic E-state index is 13.3. The second-order valence-corrected chi connectivity index (χ2v) is 9.48. The molecule has 162 valence electrons. The number of carbonyl (C=O) groups excluding carboxylic acids is 1. The van der Waals surface area contributed by atoms with Gasteiger partial charge in [-0.2, -0.15) is 0 Å². The Bertz CT molecular complexity index is 1120. The van der Waals surface area contributed by atoms with Gasteiger partial charge in [-0.25, -0.2) is 8.42 Å². The van der Waals surface area contributed by atoms with Crippen LogP contribution in [0.15, 0.2) is 83.8 Å². The largest absolute Gasteiger partial charge is 0.348 e. The molecule has 0 heterocycles. The van der Waals surface area contributed by atoms with Gasteiger partial charge >= 0.3 is 0 Å². The molecule has 0 spiro atoms. The lowest BCUT2D eigenvalue weighted by Crippen LogP contribution is -2.41. The van der Waals surface area contributed by atoms with E-state index in [1.165, 1.54) is 29.8 Å². The van der Waals surface area contributed by atoms with Crippen LogP contribution in [0.1, 0.15) is 31.0 Å². The van der Waals surface area contributed by atoms with Crippen molar-refractivity contribution < 1.29 is 13.2 Å². The number of hydrogen-bond acceptors (Lipinski definition) is 3. The first-order valence-electron chi connectivity index (χ1n) is 10.0. The number of aryl methyl sites for hydroxylation is 1. The van der Waals surface area contributed by atoms with Crippen molar-refractivity contribution in [1.29, 1.82) is 0 Å². The summed E-state index contributed by atoms with van der Waals surface area (Å²) in [6.07, 6.45) is 0.940. The molecule has 0 radical (unpaired) electrons. The molecular weight excluding hydrogens is 432 g/mol. The van der Waals surface area contributed by atoms with Crippen LogP contribution in [0.5, 0.6) is 0 Å². The average Bonchev–Trinajstić information content (AvgIpc) is 2.78. The zero-order valence-electron chi connectivity index (χ0n) is 17.5. The fourth-order valence-corrected chi connectivity index (χ4v) is 4.73. The van der Waals surface area contributed by atoms with Crippen molar-refractivity contribution in [3.05, 3.63) is 95.0 Å². The number of benzene rings is 3. The van der Waals surface area contributed by atoms with Crippen LogP contribution in [0.25, 0.3) is 0 Å². The van der Waals surface area contributed by atoms with Gasteiger partial charge in [-0.05, 0) is 60.9 Å². The Morgan fingerprint density at radius 2 is 1.58 bits per heavy atom. The molecular formula is C24H25ClN2O3S. The summed E-state index contributed by atoms with van der Waals surface area (Å²) >= 11 is 5.90. The van der Waals surface area contributed by atoms with Gasteiger partial charge in [-0.1, -0.05) is 61.0 Å². The van der Waals surface area contributed by atoms with Crippen LogP contribution in [0, 0.1) is 0 Å². The molecule has 0 aromatic heterocycles. The first-order chi connectivity index (χ1) is 14.8. The Morgan fingerprint density at radius 1 is 0.968 bits per heavy atom. The highest BCUT2D eigenvalue weighted by atomic mass is 35.5. The van der Waals surface area contributed by atoms with Crippen LogP contribution in [0.2, 0.25) is 5.02 Å². The minimum absolute atomic E-state index is 0.0664. The van der Waals surface area contributed by atoms with E-state index >= 15 is 0 Å². The first-order valence-corrected chi connectivity index (χ1v) is 11.8. The van der Waals surface area contributed by atoms with Gasteiger partial charge in [-0.3, -0.25) is 9.10 Å². The fourth-order valence-electron chi connectivity index (χ4n) is 3.19. The Kier molecular flexibility index (Phi) is 7.36. The minimum Gasteiger partial charge on any atom is -0.348 e. The predicted octanol–water partition coefficient (Wildman–Crippen LogP) is 4.98. The summed E-state index contributed by atoms with van der Waals surface area (Å²) < 4.78 is 27.7. The van der Waals surface area contributed by atoms with Crippen molar-refractivity contribution in [3.8, 4) is 0 Å². The van der Waals surface area contributed by atoms with Gasteiger partial charge in [0.1, 0.15) is 6.54 Å². The zero-order valence-corrected chi connectivity index (χ0v) is 19.0. The minimum atomic E-state index is -3.96. The summed E-state index contributed by atoms with van der Waals surface area (Å²) in [6.45, 7) is 3.62. The molecule has 0 unspecified atom stereocenters. The van der Waals surface area contributed by atoms with E-state index in [2.05, 4.69) is 12.2 Å². The molecule has 1 atom stereocenters. The van der Waals surface area contributed by atoms with Crippen LogP contribution < -0.4 is 9.62 Å². The van der Waals surface area contributed by atoms with Gasteiger partial charge in [-0.15, -0.1) is 0 Å². The van der Waals surface area contributed by atoms with E-state index in [0.717, 1.165) is 16.3 Å². The average molecular weight is 457 g/mol. The molecule has 31 heavy (non-hydrogen) atoms. The Hall–Kier alpha value is -2.83. The van der Waals surface area contributed by atoms with Crippen molar-refractivity contribution in [3.63, 3.8) is 0 Å². The van der Waals surface area contributed by atoms with E-state index in [1.54, 1.807) is 30.3 Å². The highest BCUT2D eigenvalue weighted by molar-refractivity contribution is 7.92. The Morgan fingerprint density at radius 3 is 2.16 bits per heavy atom. The number of hydrogen-bond donors (Lipinski definition) is 1. The third-order valence-corrected chi connectivity index (χ3v) is 7.04. The highest BCUT2D eigenvalue weighted by Gasteiger charge is 2.27. The van der Waals surface area contributed by atoms with Crippen LogP contribution >= 0.6 is 11.6 Å². The fraction of sp³-hybridized carbons (Fsp3) is 0.208. The van der Waals surface area contributed by atoms with Crippen molar-refractivity contribution in [2.45, 2.75) is 31.2 Å². The van der Waals surface area contributed by atoms with Gasteiger partial charge in [0.2, 0.25) is 5.91 Å². The third-order valence-electron chi connectivity index (χ3n) is 5.00. The van der Waals surface area contributed by atoms with Gasteiger partial charge in [0.05, 0.1) is 16.6 Å². The maximum Gasteiger partial charge on any atom is 0.264 e. The molecule has 0 fully saturated rings. The predicted molar refractivity (Wildman–Crippen MR) is 125 cm³/mol. The second-order valence-electron chi connectivity index (χ2n) is 7.19. The van der Waals surface area contributed by atoms with E-state index in [0.29, 0.717) is 10.7 Å². The van der Waals surface area contributed by atoms with Crippen molar-refractivity contribution in [2.75, 3.05) is 10.8 Å². The normalized spacial score (nSPS) is 12.2. The van der Waals surface area contributed by atoms with Crippen molar-refractivity contribution in [1.82, 2.24) is 5.32 Å².